The van der Waals surface area contributed by atoms with E-state index in [1.165, 1.54) is 12.1 Å². The Morgan fingerprint density at radius 1 is 1.21 bits per heavy atom. The number of halogens is 2. The monoisotopic (exact) mass is 335 g/mol. The minimum Gasteiger partial charge on any atom is -0.369 e. The number of aryl methyl sites for hydroxylation is 1. The van der Waals surface area contributed by atoms with Gasteiger partial charge in [0.05, 0.1) is 0 Å². The highest BCUT2D eigenvalue weighted by atomic mass is 19.1. The summed E-state index contributed by atoms with van der Waals surface area (Å²) in [6, 6.07) is 4.80. The Morgan fingerprint density at radius 3 is 2.50 bits per heavy atom. The number of amides is 1. The average molecular weight is 335 g/mol. The van der Waals surface area contributed by atoms with E-state index in [2.05, 4.69) is 20.6 Å². The molecule has 6 nitrogen and oxygen atoms in total. The van der Waals surface area contributed by atoms with Crippen molar-refractivity contribution in [3.05, 3.63) is 47.4 Å². The van der Waals surface area contributed by atoms with E-state index < -0.39 is 23.2 Å². The van der Waals surface area contributed by atoms with Gasteiger partial charge in [0.15, 0.2) is 0 Å². The zero-order valence-corrected chi connectivity index (χ0v) is 13.7. The molecule has 2 rings (SSSR count). The number of rotatable bonds is 6. The molecule has 1 heterocycles. The second-order valence-electron chi connectivity index (χ2n) is 5.47. The van der Waals surface area contributed by atoms with Crippen LogP contribution in [-0.4, -0.2) is 48.0 Å². The van der Waals surface area contributed by atoms with Crippen LogP contribution < -0.4 is 10.6 Å². The van der Waals surface area contributed by atoms with Crippen LogP contribution in [0.5, 0.6) is 0 Å². The van der Waals surface area contributed by atoms with Crippen molar-refractivity contribution in [1.29, 1.82) is 0 Å². The molecule has 1 aromatic carbocycles. The molecule has 2 N–H and O–H groups in total. The van der Waals surface area contributed by atoms with E-state index in [1.807, 2.05) is 19.0 Å². The van der Waals surface area contributed by atoms with Crippen LogP contribution in [0, 0.1) is 18.6 Å². The molecule has 0 fully saturated rings. The molecule has 0 aliphatic carbocycles. The fourth-order valence-corrected chi connectivity index (χ4v) is 1.98. The lowest BCUT2D eigenvalue weighted by atomic mass is 10.2. The van der Waals surface area contributed by atoms with Gasteiger partial charge in [-0.25, -0.2) is 18.7 Å². The molecule has 0 aliphatic rings. The fourth-order valence-electron chi connectivity index (χ4n) is 1.98. The van der Waals surface area contributed by atoms with Gasteiger partial charge in [-0.05, 0) is 33.2 Å². The molecule has 0 saturated carbocycles. The van der Waals surface area contributed by atoms with Crippen LogP contribution in [0.15, 0.2) is 24.3 Å². The maximum atomic E-state index is 13.6. The van der Waals surface area contributed by atoms with Crippen molar-refractivity contribution in [3.63, 3.8) is 0 Å². The van der Waals surface area contributed by atoms with Crippen LogP contribution in [0.2, 0.25) is 0 Å². The second-order valence-corrected chi connectivity index (χ2v) is 5.47. The Balaban J connectivity index is 2.15. The average Bonchev–Trinajstić information content (AvgIpc) is 2.50. The lowest BCUT2D eigenvalue weighted by Crippen LogP contribution is -2.22. The Bertz CT molecular complexity index is 716. The zero-order chi connectivity index (χ0) is 17.7. The minimum absolute atomic E-state index is 0.0255. The van der Waals surface area contributed by atoms with Crippen LogP contribution in [0.4, 0.5) is 20.3 Å². The van der Waals surface area contributed by atoms with Crippen molar-refractivity contribution in [3.8, 4) is 0 Å². The molecular weight excluding hydrogens is 316 g/mol. The van der Waals surface area contributed by atoms with Crippen molar-refractivity contribution in [2.75, 3.05) is 37.8 Å². The molecule has 1 amide bonds. The normalized spacial score (nSPS) is 10.8. The number of nitrogens with zero attached hydrogens (tertiary/aromatic N) is 3. The van der Waals surface area contributed by atoms with Gasteiger partial charge in [0.1, 0.15) is 34.7 Å². The molecule has 128 valence electrons. The number of carbonyl (C=O) groups is 1. The molecule has 1 aromatic heterocycles. The van der Waals surface area contributed by atoms with Gasteiger partial charge in [0.25, 0.3) is 5.91 Å². The van der Waals surface area contributed by atoms with Crippen molar-refractivity contribution in [1.82, 2.24) is 14.9 Å². The highest BCUT2D eigenvalue weighted by Gasteiger charge is 2.15. The van der Waals surface area contributed by atoms with Crippen LogP contribution in [0.3, 0.4) is 0 Å². The summed E-state index contributed by atoms with van der Waals surface area (Å²) in [5.74, 6) is -1.55. The number of carbonyl (C=O) groups excluding carboxylic acids is 1. The van der Waals surface area contributed by atoms with E-state index in [9.17, 15) is 13.6 Å². The van der Waals surface area contributed by atoms with Crippen LogP contribution in [0.1, 0.15) is 16.3 Å². The number of likely N-dealkylation sites (N-methyl/N-ethyl adjacent to an activating group) is 1. The molecule has 24 heavy (non-hydrogen) atoms. The minimum atomic E-state index is -0.849. The molecule has 0 spiro atoms. The molecule has 8 heteroatoms. The SMILES string of the molecule is Cc1nc(NCCN(C)C)cc(C(=O)Nc2c(F)cccc2F)n1. The van der Waals surface area contributed by atoms with Crippen molar-refractivity contribution in [2.24, 2.45) is 0 Å². The van der Waals surface area contributed by atoms with Gasteiger partial charge in [0, 0.05) is 19.2 Å². The van der Waals surface area contributed by atoms with E-state index in [0.29, 0.717) is 18.2 Å². The lowest BCUT2D eigenvalue weighted by Gasteiger charge is -2.12. The van der Waals surface area contributed by atoms with E-state index in [4.69, 9.17) is 0 Å². The maximum Gasteiger partial charge on any atom is 0.274 e. The number of aromatic nitrogens is 2. The van der Waals surface area contributed by atoms with Crippen LogP contribution in [0.25, 0.3) is 0 Å². The van der Waals surface area contributed by atoms with Crippen molar-refractivity contribution >= 4 is 17.4 Å². The number of benzene rings is 1. The number of hydrogen-bond acceptors (Lipinski definition) is 5. The topological polar surface area (TPSA) is 70.2 Å². The third-order valence-corrected chi connectivity index (χ3v) is 3.14. The number of anilines is 2. The first kappa shape index (κ1) is 17.7. The summed E-state index contributed by atoms with van der Waals surface area (Å²) >= 11 is 0. The Hall–Kier alpha value is -2.61. The summed E-state index contributed by atoms with van der Waals surface area (Å²) in [6.07, 6.45) is 0. The Labute approximate surface area is 138 Å². The number of hydrogen-bond donors (Lipinski definition) is 2. The smallest absolute Gasteiger partial charge is 0.274 e. The molecular formula is C16H19F2N5O. The third kappa shape index (κ3) is 4.69. The highest BCUT2D eigenvalue weighted by molar-refractivity contribution is 6.03. The van der Waals surface area contributed by atoms with Crippen molar-refractivity contribution in [2.45, 2.75) is 6.92 Å². The Kier molecular flexibility index (Phi) is 5.75. The van der Waals surface area contributed by atoms with Gasteiger partial charge in [-0.15, -0.1) is 0 Å². The van der Waals surface area contributed by atoms with E-state index >= 15 is 0 Å². The summed E-state index contributed by atoms with van der Waals surface area (Å²) in [7, 11) is 3.88. The molecule has 0 bridgehead atoms. The quantitative estimate of drug-likeness (QED) is 0.848. The second kappa shape index (κ2) is 7.78. The Morgan fingerprint density at radius 2 is 1.88 bits per heavy atom. The first-order valence-electron chi connectivity index (χ1n) is 7.36. The van der Waals surface area contributed by atoms with E-state index in [-0.39, 0.29) is 5.69 Å². The molecule has 0 unspecified atom stereocenters. The zero-order valence-electron chi connectivity index (χ0n) is 13.7. The number of para-hydroxylation sites is 1. The predicted molar refractivity (Wildman–Crippen MR) is 88.1 cm³/mol. The first-order chi connectivity index (χ1) is 11.4. The van der Waals surface area contributed by atoms with Crippen LogP contribution in [-0.2, 0) is 0 Å². The molecule has 2 aromatic rings. The maximum absolute atomic E-state index is 13.6. The fraction of sp³-hybridized carbons (Fsp3) is 0.312. The number of nitrogens with one attached hydrogen (secondary N) is 2. The third-order valence-electron chi connectivity index (χ3n) is 3.14. The first-order valence-corrected chi connectivity index (χ1v) is 7.36. The summed E-state index contributed by atoms with van der Waals surface area (Å²) in [6.45, 7) is 3.05. The van der Waals surface area contributed by atoms with Gasteiger partial charge in [-0.2, -0.15) is 0 Å². The van der Waals surface area contributed by atoms with E-state index in [0.717, 1.165) is 18.7 Å². The highest BCUT2D eigenvalue weighted by Crippen LogP contribution is 2.19. The molecule has 0 atom stereocenters. The van der Waals surface area contributed by atoms with Gasteiger partial charge in [-0.3, -0.25) is 4.79 Å². The van der Waals surface area contributed by atoms with Gasteiger partial charge in [-0.1, -0.05) is 6.07 Å². The summed E-state index contributed by atoms with van der Waals surface area (Å²) in [5.41, 5.74) is -0.474. The molecule has 0 aliphatic heterocycles. The molecule has 0 radical (unpaired) electrons. The van der Waals surface area contributed by atoms with Crippen molar-refractivity contribution < 1.29 is 13.6 Å². The standard InChI is InChI=1S/C16H19F2N5O/c1-10-20-13(9-14(21-10)19-7-8-23(2)3)16(24)22-15-11(17)5-4-6-12(15)18/h4-6,9H,7-8H2,1-3H3,(H,22,24)(H,19,20,21). The molecule has 0 saturated heterocycles. The van der Waals surface area contributed by atoms with Gasteiger partial charge < -0.3 is 15.5 Å². The summed E-state index contributed by atoms with van der Waals surface area (Å²) in [4.78, 5) is 22.4. The summed E-state index contributed by atoms with van der Waals surface area (Å²) in [5, 5.41) is 5.29. The van der Waals surface area contributed by atoms with E-state index in [1.54, 1.807) is 6.92 Å². The lowest BCUT2D eigenvalue weighted by molar-refractivity contribution is 0.102. The van der Waals surface area contributed by atoms with Gasteiger partial charge in [0.2, 0.25) is 0 Å². The van der Waals surface area contributed by atoms with Crippen LogP contribution >= 0.6 is 0 Å². The predicted octanol–water partition coefficient (Wildman–Crippen LogP) is 2.29. The largest absolute Gasteiger partial charge is 0.369 e. The van der Waals surface area contributed by atoms with Gasteiger partial charge >= 0.3 is 0 Å². The summed E-state index contributed by atoms with van der Waals surface area (Å²) < 4.78 is 27.2.